The van der Waals surface area contributed by atoms with E-state index >= 15 is 0 Å². The van der Waals surface area contributed by atoms with Crippen LogP contribution in [-0.4, -0.2) is 15.3 Å². The summed E-state index contributed by atoms with van der Waals surface area (Å²) in [6.07, 6.45) is 0. The number of amides is 1. The average molecular weight is 245 g/mol. The van der Waals surface area contributed by atoms with Gasteiger partial charge < -0.3 is 5.73 Å². The predicted molar refractivity (Wildman–Crippen MR) is 69.0 cm³/mol. The van der Waals surface area contributed by atoms with Gasteiger partial charge in [0, 0.05) is 7.05 Å². The third kappa shape index (κ3) is 1.64. The lowest BCUT2D eigenvalue weighted by Gasteiger charge is -2.10. The fourth-order valence-corrected chi connectivity index (χ4v) is 2.06. The van der Waals surface area contributed by atoms with E-state index in [9.17, 15) is 9.59 Å². The molecule has 5 heteroatoms. The van der Waals surface area contributed by atoms with Gasteiger partial charge in [-0.3, -0.25) is 14.3 Å². The number of carbonyl (C=O) groups excluding carboxylic acids is 1. The molecule has 0 aliphatic carbocycles. The van der Waals surface area contributed by atoms with E-state index in [-0.39, 0.29) is 11.1 Å². The van der Waals surface area contributed by atoms with Gasteiger partial charge in [-0.05, 0) is 25.5 Å². The van der Waals surface area contributed by atoms with Crippen molar-refractivity contribution in [1.29, 1.82) is 0 Å². The summed E-state index contributed by atoms with van der Waals surface area (Å²) in [6.45, 7) is 3.62. The number of benzene rings is 1. The molecule has 0 saturated carbocycles. The van der Waals surface area contributed by atoms with Gasteiger partial charge in [-0.2, -0.15) is 0 Å². The second-order valence-corrected chi connectivity index (χ2v) is 4.25. The topological polar surface area (TPSA) is 70.0 Å². The van der Waals surface area contributed by atoms with Crippen LogP contribution in [0.1, 0.15) is 21.6 Å². The first-order valence-electron chi connectivity index (χ1n) is 5.59. The molecule has 0 aliphatic rings. The van der Waals surface area contributed by atoms with Crippen LogP contribution in [0.4, 0.5) is 0 Å². The molecule has 0 bridgehead atoms. The molecule has 1 aromatic carbocycles. The fourth-order valence-electron chi connectivity index (χ4n) is 2.06. The van der Waals surface area contributed by atoms with Gasteiger partial charge in [-0.1, -0.05) is 18.2 Å². The minimum Gasteiger partial charge on any atom is -0.365 e. The zero-order valence-electron chi connectivity index (χ0n) is 10.6. The zero-order valence-corrected chi connectivity index (χ0v) is 10.6. The SMILES string of the molecule is Cc1ccccc1-n1c(=O)c(C(N)=O)c(C)n1C. The molecule has 5 nitrogen and oxygen atoms in total. The summed E-state index contributed by atoms with van der Waals surface area (Å²) in [5.74, 6) is -0.694. The minimum atomic E-state index is -0.694. The number of para-hydroxylation sites is 1. The smallest absolute Gasteiger partial charge is 0.284 e. The highest BCUT2D eigenvalue weighted by Gasteiger charge is 2.20. The molecule has 0 fully saturated rings. The van der Waals surface area contributed by atoms with Crippen molar-refractivity contribution in [3.8, 4) is 5.69 Å². The second kappa shape index (κ2) is 4.18. The van der Waals surface area contributed by atoms with Crippen molar-refractivity contribution in [2.24, 2.45) is 12.8 Å². The fraction of sp³-hybridized carbons (Fsp3) is 0.231. The number of nitrogens with zero attached hydrogens (tertiary/aromatic N) is 2. The molecule has 2 N–H and O–H groups in total. The summed E-state index contributed by atoms with van der Waals surface area (Å²) in [7, 11) is 1.73. The largest absolute Gasteiger partial charge is 0.365 e. The van der Waals surface area contributed by atoms with Crippen molar-refractivity contribution in [2.45, 2.75) is 13.8 Å². The second-order valence-electron chi connectivity index (χ2n) is 4.25. The molecule has 2 rings (SSSR count). The van der Waals surface area contributed by atoms with Crippen molar-refractivity contribution >= 4 is 5.91 Å². The van der Waals surface area contributed by atoms with Crippen molar-refractivity contribution in [3.63, 3.8) is 0 Å². The Labute approximate surface area is 104 Å². The van der Waals surface area contributed by atoms with Crippen LogP contribution in [0.5, 0.6) is 0 Å². The monoisotopic (exact) mass is 245 g/mol. The van der Waals surface area contributed by atoms with Crippen molar-refractivity contribution in [3.05, 3.63) is 51.4 Å². The first-order chi connectivity index (χ1) is 8.45. The molecule has 1 heterocycles. The van der Waals surface area contributed by atoms with E-state index in [4.69, 9.17) is 5.73 Å². The molecule has 1 amide bonds. The molecule has 2 aromatic rings. The van der Waals surface area contributed by atoms with Crippen molar-refractivity contribution in [1.82, 2.24) is 9.36 Å². The van der Waals surface area contributed by atoms with E-state index in [1.54, 1.807) is 18.7 Å². The van der Waals surface area contributed by atoms with E-state index < -0.39 is 5.91 Å². The number of aryl methyl sites for hydroxylation is 1. The highest BCUT2D eigenvalue weighted by atomic mass is 16.2. The highest BCUT2D eigenvalue weighted by molar-refractivity contribution is 5.93. The Balaban J connectivity index is 2.83. The number of aromatic nitrogens is 2. The third-order valence-electron chi connectivity index (χ3n) is 3.14. The maximum absolute atomic E-state index is 12.2. The van der Waals surface area contributed by atoms with Gasteiger partial charge in [0.2, 0.25) is 0 Å². The van der Waals surface area contributed by atoms with Crippen LogP contribution in [0.3, 0.4) is 0 Å². The summed E-state index contributed by atoms with van der Waals surface area (Å²) in [5, 5.41) is 0. The van der Waals surface area contributed by atoms with Crippen LogP contribution in [-0.2, 0) is 7.05 Å². The quantitative estimate of drug-likeness (QED) is 0.853. The highest BCUT2D eigenvalue weighted by Crippen LogP contribution is 2.13. The summed E-state index contributed by atoms with van der Waals surface area (Å²) in [4.78, 5) is 23.6. The third-order valence-corrected chi connectivity index (χ3v) is 3.14. The first-order valence-corrected chi connectivity index (χ1v) is 5.59. The van der Waals surface area contributed by atoms with E-state index in [0.717, 1.165) is 11.3 Å². The van der Waals surface area contributed by atoms with E-state index in [2.05, 4.69) is 0 Å². The Morgan fingerprint density at radius 2 is 1.83 bits per heavy atom. The minimum absolute atomic E-state index is 0.0424. The Morgan fingerprint density at radius 1 is 1.22 bits per heavy atom. The lowest BCUT2D eigenvalue weighted by Crippen LogP contribution is -2.25. The van der Waals surface area contributed by atoms with Gasteiger partial charge in [0.05, 0.1) is 11.4 Å². The van der Waals surface area contributed by atoms with Gasteiger partial charge in [0.25, 0.3) is 11.5 Å². The summed E-state index contributed by atoms with van der Waals surface area (Å²) >= 11 is 0. The van der Waals surface area contributed by atoms with E-state index in [1.165, 1.54) is 4.68 Å². The zero-order chi connectivity index (χ0) is 13.4. The van der Waals surface area contributed by atoms with Gasteiger partial charge >= 0.3 is 0 Å². The van der Waals surface area contributed by atoms with Gasteiger partial charge in [-0.15, -0.1) is 0 Å². The molecular formula is C13H15N3O2. The average Bonchev–Trinajstić information content (AvgIpc) is 2.52. The lowest BCUT2D eigenvalue weighted by atomic mass is 10.2. The van der Waals surface area contributed by atoms with Gasteiger partial charge in [0.15, 0.2) is 0 Å². The normalized spacial score (nSPS) is 10.6. The van der Waals surface area contributed by atoms with Crippen molar-refractivity contribution in [2.75, 3.05) is 0 Å². The molecule has 1 aromatic heterocycles. The van der Waals surface area contributed by atoms with E-state index in [0.29, 0.717) is 5.69 Å². The van der Waals surface area contributed by atoms with E-state index in [1.807, 2.05) is 31.2 Å². The standard InChI is InChI=1S/C13H15N3O2/c1-8-6-4-5-7-10(8)16-13(18)11(12(14)17)9(2)15(16)3/h4-7H,1-3H3,(H2,14,17). The lowest BCUT2D eigenvalue weighted by molar-refractivity contribution is 0.0998. The molecule has 0 saturated heterocycles. The maximum Gasteiger partial charge on any atom is 0.284 e. The van der Waals surface area contributed by atoms with Crippen molar-refractivity contribution < 1.29 is 4.79 Å². The summed E-state index contributed by atoms with van der Waals surface area (Å²) in [5.41, 5.74) is 7.18. The Kier molecular flexibility index (Phi) is 2.82. The van der Waals surface area contributed by atoms with Crippen LogP contribution >= 0.6 is 0 Å². The number of hydrogen-bond acceptors (Lipinski definition) is 2. The predicted octanol–water partition coefficient (Wildman–Crippen LogP) is 0.892. The summed E-state index contributed by atoms with van der Waals surface area (Å²) in [6, 6.07) is 7.49. The van der Waals surface area contributed by atoms with Crippen LogP contribution in [0, 0.1) is 13.8 Å². The number of rotatable bonds is 2. The Hall–Kier alpha value is -2.30. The number of hydrogen-bond donors (Lipinski definition) is 1. The van der Waals surface area contributed by atoms with Crippen LogP contribution in [0.25, 0.3) is 5.69 Å². The molecule has 0 aliphatic heterocycles. The molecular weight excluding hydrogens is 230 g/mol. The molecule has 0 spiro atoms. The Bertz CT molecular complexity index is 680. The van der Waals surface area contributed by atoms with Gasteiger partial charge in [-0.25, -0.2) is 4.68 Å². The van der Waals surface area contributed by atoms with Crippen LogP contribution in [0.15, 0.2) is 29.1 Å². The first kappa shape index (κ1) is 12.2. The van der Waals surface area contributed by atoms with Crippen LogP contribution in [0.2, 0.25) is 0 Å². The Morgan fingerprint density at radius 3 is 2.33 bits per heavy atom. The van der Waals surface area contributed by atoms with Crippen LogP contribution < -0.4 is 11.3 Å². The van der Waals surface area contributed by atoms with Gasteiger partial charge in [0.1, 0.15) is 5.56 Å². The molecule has 0 unspecified atom stereocenters. The molecule has 0 radical (unpaired) electrons. The molecule has 94 valence electrons. The maximum atomic E-state index is 12.2. The summed E-state index contributed by atoms with van der Waals surface area (Å²) < 4.78 is 3.11. The molecule has 0 atom stereocenters. The number of carbonyl (C=O) groups is 1. The number of primary amides is 1. The molecule has 18 heavy (non-hydrogen) atoms. The number of nitrogens with two attached hydrogens (primary N) is 1.